The predicted octanol–water partition coefficient (Wildman–Crippen LogP) is 2.17. The van der Waals surface area contributed by atoms with E-state index < -0.39 is 0 Å². The van der Waals surface area contributed by atoms with Crippen LogP contribution in [0.3, 0.4) is 0 Å². The summed E-state index contributed by atoms with van der Waals surface area (Å²) in [6, 6.07) is 13.3. The molecule has 0 spiro atoms. The summed E-state index contributed by atoms with van der Waals surface area (Å²) >= 11 is 0. The third-order valence-corrected chi connectivity index (χ3v) is 5.69. The molecule has 2 aromatic carbocycles. The number of benzene rings is 2. The van der Waals surface area contributed by atoms with Crippen LogP contribution in [-0.2, 0) is 18.3 Å². The fourth-order valence-corrected chi connectivity index (χ4v) is 4.00. The molecule has 1 saturated heterocycles. The number of nitrogens with zero attached hydrogens (tertiary/aromatic N) is 4. The van der Waals surface area contributed by atoms with Gasteiger partial charge in [-0.3, -0.25) is 9.59 Å². The Bertz CT molecular complexity index is 1150. The van der Waals surface area contributed by atoms with Crippen molar-refractivity contribution in [1.82, 2.24) is 14.7 Å². The highest BCUT2D eigenvalue weighted by atomic mass is 16.1. The van der Waals surface area contributed by atoms with Crippen molar-refractivity contribution in [3.05, 3.63) is 64.1 Å². The lowest BCUT2D eigenvalue weighted by molar-refractivity contribution is -0.115. The minimum absolute atomic E-state index is 0.105. The quantitative estimate of drug-likeness (QED) is 0.720. The molecule has 156 valence electrons. The summed E-state index contributed by atoms with van der Waals surface area (Å²) in [6.45, 7) is 6.20. The second kappa shape index (κ2) is 8.28. The van der Waals surface area contributed by atoms with Gasteiger partial charge in [0, 0.05) is 50.0 Å². The minimum atomic E-state index is -0.162. The van der Waals surface area contributed by atoms with E-state index in [-0.39, 0.29) is 17.9 Å². The van der Waals surface area contributed by atoms with Crippen LogP contribution in [0, 0.1) is 6.92 Å². The Labute approximate surface area is 175 Å². The molecular weight excluding hydrogens is 378 g/mol. The summed E-state index contributed by atoms with van der Waals surface area (Å²) in [5.74, 6) is -0.155. The van der Waals surface area contributed by atoms with Gasteiger partial charge >= 0.3 is 0 Å². The summed E-state index contributed by atoms with van der Waals surface area (Å²) in [5.41, 5.74) is 3.56. The number of carbonyl (C=O) groups excluding carboxylic acids is 1. The van der Waals surface area contributed by atoms with Gasteiger partial charge in [0.15, 0.2) is 0 Å². The van der Waals surface area contributed by atoms with Gasteiger partial charge < -0.3 is 15.1 Å². The lowest BCUT2D eigenvalue weighted by Crippen LogP contribution is -2.44. The molecule has 7 heteroatoms. The first kappa shape index (κ1) is 20.1. The smallest absolute Gasteiger partial charge is 0.274 e. The van der Waals surface area contributed by atoms with Crippen LogP contribution in [0.5, 0.6) is 0 Å². The van der Waals surface area contributed by atoms with Crippen LogP contribution in [0.15, 0.2) is 47.3 Å². The van der Waals surface area contributed by atoms with E-state index >= 15 is 0 Å². The Morgan fingerprint density at radius 2 is 1.73 bits per heavy atom. The van der Waals surface area contributed by atoms with Crippen molar-refractivity contribution in [3.63, 3.8) is 0 Å². The first-order valence-corrected chi connectivity index (χ1v) is 10.2. The predicted molar refractivity (Wildman–Crippen MR) is 120 cm³/mol. The van der Waals surface area contributed by atoms with Crippen molar-refractivity contribution in [2.24, 2.45) is 7.05 Å². The second-order valence-corrected chi connectivity index (χ2v) is 7.94. The SMILES string of the molecule is Cc1cc(NC(=O)Cc2nn(C)c(=O)c3ccccc23)ccc1N1CCN(C)CC1. The zero-order chi connectivity index (χ0) is 21.3. The molecule has 1 amide bonds. The molecule has 0 aliphatic carbocycles. The number of nitrogens with one attached hydrogen (secondary N) is 1. The number of aromatic nitrogens is 2. The zero-order valence-corrected chi connectivity index (χ0v) is 17.7. The molecule has 1 aromatic heterocycles. The topological polar surface area (TPSA) is 70.5 Å². The number of aryl methyl sites for hydroxylation is 2. The van der Waals surface area contributed by atoms with Crippen LogP contribution in [0.2, 0.25) is 0 Å². The van der Waals surface area contributed by atoms with E-state index in [2.05, 4.69) is 40.3 Å². The van der Waals surface area contributed by atoms with Crippen molar-refractivity contribution in [2.75, 3.05) is 43.4 Å². The molecule has 3 aromatic rings. The molecule has 4 rings (SSSR count). The Morgan fingerprint density at radius 3 is 2.43 bits per heavy atom. The van der Waals surface area contributed by atoms with Crippen molar-refractivity contribution in [3.8, 4) is 0 Å². The van der Waals surface area contributed by atoms with Gasteiger partial charge in [-0.1, -0.05) is 18.2 Å². The molecule has 0 radical (unpaired) electrons. The van der Waals surface area contributed by atoms with Gasteiger partial charge in [0.2, 0.25) is 5.91 Å². The third kappa shape index (κ3) is 4.07. The van der Waals surface area contributed by atoms with Gasteiger partial charge in [-0.25, -0.2) is 4.68 Å². The monoisotopic (exact) mass is 405 g/mol. The van der Waals surface area contributed by atoms with Crippen LogP contribution < -0.4 is 15.8 Å². The third-order valence-electron chi connectivity index (χ3n) is 5.69. The van der Waals surface area contributed by atoms with E-state index in [0.29, 0.717) is 11.1 Å². The molecule has 30 heavy (non-hydrogen) atoms. The molecule has 0 atom stereocenters. The Morgan fingerprint density at radius 1 is 1.03 bits per heavy atom. The Kier molecular flexibility index (Phi) is 5.55. The maximum absolute atomic E-state index is 12.7. The molecule has 0 bridgehead atoms. The largest absolute Gasteiger partial charge is 0.369 e. The van der Waals surface area contributed by atoms with Crippen LogP contribution >= 0.6 is 0 Å². The van der Waals surface area contributed by atoms with Gasteiger partial charge in [0.05, 0.1) is 17.5 Å². The minimum Gasteiger partial charge on any atom is -0.369 e. The summed E-state index contributed by atoms with van der Waals surface area (Å²) < 4.78 is 1.29. The first-order chi connectivity index (χ1) is 14.4. The highest BCUT2D eigenvalue weighted by Crippen LogP contribution is 2.25. The van der Waals surface area contributed by atoms with Crippen LogP contribution in [0.4, 0.5) is 11.4 Å². The van der Waals surface area contributed by atoms with E-state index in [1.54, 1.807) is 13.1 Å². The normalized spacial score (nSPS) is 14.8. The maximum atomic E-state index is 12.7. The highest BCUT2D eigenvalue weighted by Gasteiger charge is 2.17. The second-order valence-electron chi connectivity index (χ2n) is 7.94. The standard InChI is InChI=1S/C23H27N5O2/c1-16-14-17(8-9-21(16)28-12-10-26(2)11-13-28)24-22(29)15-20-18-6-4-5-7-19(18)23(30)27(3)25-20/h4-9,14H,10-13,15H2,1-3H3,(H,24,29). The number of anilines is 2. The highest BCUT2D eigenvalue weighted by molar-refractivity contribution is 5.95. The van der Waals surface area contributed by atoms with E-state index in [0.717, 1.165) is 42.8 Å². The van der Waals surface area contributed by atoms with Gasteiger partial charge in [-0.15, -0.1) is 0 Å². The van der Waals surface area contributed by atoms with Crippen molar-refractivity contribution < 1.29 is 4.79 Å². The number of hydrogen-bond donors (Lipinski definition) is 1. The Hall–Kier alpha value is -3.19. The van der Waals surface area contributed by atoms with E-state index in [1.165, 1.54) is 10.4 Å². The summed E-state index contributed by atoms with van der Waals surface area (Å²) in [6.07, 6.45) is 0.105. The zero-order valence-electron chi connectivity index (χ0n) is 17.7. The van der Waals surface area contributed by atoms with Crippen LogP contribution in [-0.4, -0.2) is 53.8 Å². The van der Waals surface area contributed by atoms with Crippen molar-refractivity contribution in [1.29, 1.82) is 0 Å². The van der Waals surface area contributed by atoms with Crippen molar-refractivity contribution >= 4 is 28.1 Å². The molecule has 1 N–H and O–H groups in total. The summed E-state index contributed by atoms with van der Waals surface area (Å²) in [4.78, 5) is 29.7. The molecular formula is C23H27N5O2. The average Bonchev–Trinajstić information content (AvgIpc) is 2.73. The number of likely N-dealkylation sites (N-methyl/N-ethyl adjacent to an activating group) is 1. The number of hydrogen-bond acceptors (Lipinski definition) is 5. The average molecular weight is 406 g/mol. The molecule has 1 aliphatic rings. The van der Waals surface area contributed by atoms with E-state index in [9.17, 15) is 9.59 Å². The molecule has 0 unspecified atom stereocenters. The number of fused-ring (bicyclic) bond motifs is 1. The molecule has 1 aliphatic heterocycles. The van der Waals surface area contributed by atoms with Crippen LogP contribution in [0.1, 0.15) is 11.3 Å². The van der Waals surface area contributed by atoms with Crippen LogP contribution in [0.25, 0.3) is 10.8 Å². The number of piperazine rings is 1. The lowest BCUT2D eigenvalue weighted by Gasteiger charge is -2.35. The summed E-state index contributed by atoms with van der Waals surface area (Å²) in [5, 5.41) is 8.58. The van der Waals surface area contributed by atoms with Gasteiger partial charge in [0.1, 0.15) is 0 Å². The lowest BCUT2D eigenvalue weighted by atomic mass is 10.1. The maximum Gasteiger partial charge on any atom is 0.274 e. The van der Waals surface area contributed by atoms with Crippen molar-refractivity contribution in [2.45, 2.75) is 13.3 Å². The number of amides is 1. The number of carbonyl (C=O) groups is 1. The summed E-state index contributed by atoms with van der Waals surface area (Å²) in [7, 11) is 3.75. The Balaban J connectivity index is 1.50. The van der Waals surface area contributed by atoms with Gasteiger partial charge in [-0.2, -0.15) is 5.10 Å². The van der Waals surface area contributed by atoms with Gasteiger partial charge in [-0.05, 0) is 43.8 Å². The molecule has 1 fully saturated rings. The molecule has 2 heterocycles. The number of rotatable bonds is 4. The van der Waals surface area contributed by atoms with Gasteiger partial charge in [0.25, 0.3) is 5.56 Å². The van der Waals surface area contributed by atoms with E-state index in [1.807, 2.05) is 30.3 Å². The first-order valence-electron chi connectivity index (χ1n) is 10.2. The fraction of sp³-hybridized carbons (Fsp3) is 0.348. The van der Waals surface area contributed by atoms with E-state index in [4.69, 9.17) is 0 Å². The molecule has 0 saturated carbocycles. The fourth-order valence-electron chi connectivity index (χ4n) is 4.00. The molecule has 7 nitrogen and oxygen atoms in total.